The van der Waals surface area contributed by atoms with Gasteiger partial charge in [0.2, 0.25) is 11.9 Å². The Kier molecular flexibility index (Phi) is 17.3. The number of fused-ring (bicyclic) bond motifs is 1. The molecule has 48 heteroatoms. The highest BCUT2D eigenvalue weighted by Crippen LogP contribution is 2.63. The van der Waals surface area contributed by atoms with Crippen LogP contribution in [0.5, 0.6) is 12.0 Å². The van der Waals surface area contributed by atoms with Crippen molar-refractivity contribution < 1.29 is 176 Å². The third kappa shape index (κ3) is 12.1. The van der Waals surface area contributed by atoms with Gasteiger partial charge < -0.3 is 9.47 Å². The summed E-state index contributed by atoms with van der Waals surface area (Å²) in [7, 11) is 0. The molecular weight excluding hydrogens is 1470 g/mol. The van der Waals surface area contributed by atoms with Gasteiger partial charge in [0.05, 0.1) is 45.0 Å². The molecule has 0 amide bonds. The summed E-state index contributed by atoms with van der Waals surface area (Å²) in [5.74, 6) is -77.3. The maximum absolute atomic E-state index is 15.6. The monoisotopic (exact) mass is 1480 g/mol. The fourth-order valence-electron chi connectivity index (χ4n) is 8.49. The highest BCUT2D eigenvalue weighted by molar-refractivity contribution is 6.12. The number of hydrogen-bond donors (Lipinski definition) is 0. The zero-order chi connectivity index (χ0) is 74.5. The molecule has 0 fully saturated rings. The van der Waals surface area contributed by atoms with Gasteiger partial charge in [-0.3, -0.25) is 9.80 Å². The van der Waals surface area contributed by atoms with Crippen LogP contribution in [0.15, 0.2) is 97.1 Å². The Balaban J connectivity index is 1.47. The maximum Gasteiger partial charge on any atom is 0.473 e. The highest BCUT2D eigenvalue weighted by Gasteiger charge is 2.93. The second-order valence-electron chi connectivity index (χ2n) is 19.7. The molecule has 0 spiro atoms. The molecule has 2 aromatic heterocycles. The Bertz CT molecular complexity index is 3960. The average molecular weight is 1480 g/mol. The molecule has 0 atom stereocenters. The van der Waals surface area contributed by atoms with Gasteiger partial charge in [0, 0.05) is 16.5 Å². The first-order valence-electron chi connectivity index (χ1n) is 24.6. The molecule has 0 radical (unpaired) electrons. The van der Waals surface area contributed by atoms with Gasteiger partial charge in [0.15, 0.2) is 11.6 Å². The molecule has 1 aliphatic rings. The minimum Gasteiger partial charge on any atom is -0.393 e. The lowest BCUT2D eigenvalue weighted by atomic mass is 9.97. The number of anilines is 6. The van der Waals surface area contributed by atoms with E-state index in [0.29, 0.717) is 41.3 Å². The second-order valence-corrected chi connectivity index (χ2v) is 19.7. The third-order valence-electron chi connectivity index (χ3n) is 13.3. The van der Waals surface area contributed by atoms with Gasteiger partial charge in [0.25, 0.3) is 0 Å². The number of benzene rings is 5. The number of aromatic nitrogens is 6. The minimum absolute atomic E-state index is 0.178. The van der Waals surface area contributed by atoms with Crippen LogP contribution in [0.1, 0.15) is 22.3 Å². The summed E-state index contributed by atoms with van der Waals surface area (Å²) >= 11 is 0. The first-order chi connectivity index (χ1) is 43.9. The van der Waals surface area contributed by atoms with E-state index in [9.17, 15) is 132 Å². The summed E-state index contributed by atoms with van der Waals surface area (Å²) in [5, 5.41) is -1.39. The summed E-state index contributed by atoms with van der Waals surface area (Å²) in [5.41, 5.74) is -16.6. The summed E-state index contributed by atoms with van der Waals surface area (Å²) in [6, 6.07) is -2.20. The average Bonchev–Trinajstić information content (AvgIpc) is 0.825. The van der Waals surface area contributed by atoms with Crippen LogP contribution >= 0.6 is 0 Å². The number of ether oxygens (including phenoxy) is 2. The van der Waals surface area contributed by atoms with Gasteiger partial charge in [-0.1, -0.05) is 36.4 Å². The number of para-hydroxylation sites is 2. The van der Waals surface area contributed by atoms with Crippen LogP contribution in [0.25, 0.3) is 33.5 Å². The van der Waals surface area contributed by atoms with Crippen LogP contribution in [-0.2, 0) is 24.7 Å². The first kappa shape index (κ1) is 74.7. The van der Waals surface area contributed by atoms with Crippen molar-refractivity contribution in [2.45, 2.75) is 96.7 Å². The SMILES string of the molecule is FC(F)(F)c1cc(-c2nc(-c3cc(C(F)(F)F)cc(C(F)(F)F)c3)nc(N3c4ccccc4N(c4nc(OC(F)(F)C(F)(F)C(F)(F)C(F)(F)C(F)(F)C(F)(F)F)nc(OC(F)(F)C(F)(F)C(F)(F)C(F)(F)C(F)(F)C(F)(F)F)n4)c4cccc5cccc3c45)n2)cc(C(F)(F)F)c1. The van der Waals surface area contributed by atoms with E-state index in [1.807, 2.05) is 4.98 Å². The Labute approximate surface area is 512 Å². The van der Waals surface area contributed by atoms with Crippen LogP contribution in [-0.4, -0.2) is 102 Å². The normalized spacial score (nSPS) is 15.0. The lowest BCUT2D eigenvalue weighted by Gasteiger charge is -2.39. The van der Waals surface area contributed by atoms with Crippen LogP contribution in [0.2, 0.25) is 0 Å². The van der Waals surface area contributed by atoms with Crippen molar-refractivity contribution in [1.82, 2.24) is 29.9 Å². The largest absolute Gasteiger partial charge is 0.473 e. The molecule has 5 aromatic carbocycles. The first-order valence-corrected chi connectivity index (χ1v) is 24.6. The molecular formula is C50H16F38N8O2. The molecule has 0 N–H and O–H groups in total. The van der Waals surface area contributed by atoms with Gasteiger partial charge >= 0.3 is 109 Å². The fraction of sp³-hybridized carbons (Fsp3) is 0.320. The van der Waals surface area contributed by atoms with Gasteiger partial charge in [-0.15, -0.1) is 4.98 Å². The van der Waals surface area contributed by atoms with Crippen LogP contribution in [0.3, 0.4) is 0 Å². The lowest BCUT2D eigenvalue weighted by Crippen LogP contribution is -2.71. The molecule has 0 bridgehead atoms. The van der Waals surface area contributed by atoms with Crippen molar-refractivity contribution in [1.29, 1.82) is 0 Å². The summed E-state index contributed by atoms with van der Waals surface area (Å²) in [4.78, 5) is 18.6. The van der Waals surface area contributed by atoms with E-state index in [1.165, 1.54) is 0 Å². The minimum atomic E-state index is -8.92. The van der Waals surface area contributed by atoms with Crippen molar-refractivity contribution in [3.63, 3.8) is 0 Å². The van der Waals surface area contributed by atoms with Gasteiger partial charge in [-0.25, -0.2) is 4.98 Å². The predicted molar refractivity (Wildman–Crippen MR) is 247 cm³/mol. The molecule has 0 saturated heterocycles. The molecule has 3 heterocycles. The predicted octanol–water partition coefficient (Wildman–Crippen LogP) is 20.0. The Morgan fingerprint density at radius 1 is 0.265 bits per heavy atom. The van der Waals surface area contributed by atoms with Crippen LogP contribution in [0.4, 0.5) is 201 Å². The van der Waals surface area contributed by atoms with E-state index >= 15 is 35.1 Å². The maximum atomic E-state index is 15.6. The zero-order valence-electron chi connectivity index (χ0n) is 45.0. The lowest BCUT2D eigenvalue weighted by molar-refractivity contribution is -0.457. The van der Waals surface area contributed by atoms with Gasteiger partial charge in [-0.05, 0) is 66.0 Å². The topological polar surface area (TPSA) is 102 Å². The zero-order valence-corrected chi connectivity index (χ0v) is 45.0. The Morgan fingerprint density at radius 2 is 0.541 bits per heavy atom. The van der Waals surface area contributed by atoms with E-state index in [-0.39, 0.29) is 29.2 Å². The Hall–Kier alpha value is -9.08. The van der Waals surface area contributed by atoms with Crippen molar-refractivity contribution in [3.05, 3.63) is 119 Å². The fourth-order valence-corrected chi connectivity index (χ4v) is 8.49. The molecule has 0 saturated carbocycles. The summed E-state index contributed by atoms with van der Waals surface area (Å²) in [6.07, 6.45) is -55.8. The summed E-state index contributed by atoms with van der Waals surface area (Å²) in [6.45, 7) is 0. The molecule has 10 nitrogen and oxygen atoms in total. The van der Waals surface area contributed by atoms with Crippen LogP contribution in [0, 0.1) is 0 Å². The van der Waals surface area contributed by atoms with Crippen molar-refractivity contribution in [3.8, 4) is 34.8 Å². The number of halogens is 38. The summed E-state index contributed by atoms with van der Waals surface area (Å²) < 4.78 is 550. The number of alkyl halides is 38. The van der Waals surface area contributed by atoms with Gasteiger partial charge in [0.1, 0.15) is 0 Å². The molecule has 7 aromatic rings. The molecule has 1 aliphatic heterocycles. The standard InChI is InChI=1S/C50H16F38N8O2/c51-35(52,53)20-11-18(12-21(15-20)36(54,55)56)29-89-30(19-13-22(37(57,58)59)16-23(14-19)38(60,61)62)91-31(90-29)95-24-7-1-2-8-25(24)96(27-10-4-6-17-5-3-9-26(95)28(17)27)32-92-33(97-49(85,86)45(75,76)41(67,68)39(63,64)43(71,72)47(79,80)81)94-34(93-32)98-50(87,88)46(77,78)42(69,70)40(65,66)44(73,74)48(82,83)84/h1-16H. The van der Waals surface area contributed by atoms with E-state index in [1.54, 1.807) is 0 Å². The molecule has 0 aliphatic carbocycles. The Morgan fingerprint density at radius 3 is 0.827 bits per heavy atom. The van der Waals surface area contributed by atoms with Crippen molar-refractivity contribution in [2.75, 3.05) is 9.80 Å². The quantitative estimate of drug-likeness (QED) is 0.0869. The number of rotatable bonds is 16. The third-order valence-corrected chi connectivity index (χ3v) is 13.3. The van der Waals surface area contributed by atoms with Gasteiger partial charge in [-0.2, -0.15) is 187 Å². The number of hydrogen-bond acceptors (Lipinski definition) is 10. The number of nitrogens with zero attached hydrogens (tertiary/aromatic N) is 8. The molecule has 0 unspecified atom stereocenters. The molecule has 534 valence electrons. The molecule has 8 rings (SSSR count). The van der Waals surface area contributed by atoms with Crippen molar-refractivity contribution in [2.24, 2.45) is 0 Å². The van der Waals surface area contributed by atoms with E-state index in [2.05, 4.69) is 34.4 Å². The van der Waals surface area contributed by atoms with Crippen LogP contribution < -0.4 is 19.3 Å². The van der Waals surface area contributed by atoms with E-state index in [4.69, 9.17) is 0 Å². The van der Waals surface area contributed by atoms with Crippen molar-refractivity contribution >= 4 is 45.4 Å². The van der Waals surface area contributed by atoms with E-state index in [0.717, 1.165) is 24.3 Å². The second kappa shape index (κ2) is 22.7. The molecule has 98 heavy (non-hydrogen) atoms. The smallest absolute Gasteiger partial charge is 0.393 e. The van der Waals surface area contributed by atoms with E-state index < -0.39 is 211 Å². The highest BCUT2D eigenvalue weighted by atomic mass is 19.5.